The Morgan fingerprint density at radius 2 is 1.53 bits per heavy atom. The average molecular weight is 619 g/mol. The summed E-state index contributed by atoms with van der Waals surface area (Å²) in [7, 11) is 0. The van der Waals surface area contributed by atoms with E-state index >= 15 is 0 Å². The maximum atomic E-state index is 13.5. The second-order valence-corrected chi connectivity index (χ2v) is 10.4. The number of unbranched alkanes of at least 4 members (excludes halogenated alkanes) is 1. The summed E-state index contributed by atoms with van der Waals surface area (Å²) in [5, 5.41) is 0. The highest BCUT2D eigenvalue weighted by Gasteiger charge is 2.47. The minimum atomic E-state index is -5.08. The molecule has 15 heteroatoms. The molecule has 0 saturated carbocycles. The maximum Gasteiger partial charge on any atom is 0.416 e. The van der Waals surface area contributed by atoms with Crippen molar-refractivity contribution in [2.75, 3.05) is 19.6 Å². The van der Waals surface area contributed by atoms with E-state index in [1.165, 1.54) is 39.0 Å². The number of fused-ring (bicyclic) bond motifs is 1. The second kappa shape index (κ2) is 12.8. The van der Waals surface area contributed by atoms with Gasteiger partial charge in [-0.3, -0.25) is 14.5 Å². The molecule has 2 saturated heterocycles. The zero-order valence-corrected chi connectivity index (χ0v) is 22.8. The molecule has 2 unspecified atom stereocenters. The molecule has 0 bridgehead atoms. The van der Waals surface area contributed by atoms with E-state index in [2.05, 4.69) is 0 Å². The van der Waals surface area contributed by atoms with Crippen molar-refractivity contribution in [1.82, 2.24) is 14.7 Å². The fourth-order valence-corrected chi connectivity index (χ4v) is 5.22. The van der Waals surface area contributed by atoms with Crippen molar-refractivity contribution >= 4 is 17.9 Å². The number of piperazine rings is 1. The summed E-state index contributed by atoms with van der Waals surface area (Å²) in [6.45, 7) is -1.03. The number of hydrogen-bond donors (Lipinski definition) is 1. The van der Waals surface area contributed by atoms with Gasteiger partial charge in [-0.15, -0.1) is 0 Å². The molecule has 2 aliphatic heterocycles. The van der Waals surface area contributed by atoms with Gasteiger partial charge in [-0.25, -0.2) is 9.18 Å². The zero-order chi connectivity index (χ0) is 31.5. The highest BCUT2D eigenvalue weighted by atomic mass is 19.4. The molecular weight excluding hydrogens is 589 g/mol. The summed E-state index contributed by atoms with van der Waals surface area (Å²) >= 11 is 0. The molecule has 2 aliphatic rings. The van der Waals surface area contributed by atoms with Gasteiger partial charge in [0.15, 0.2) is 0 Å². The molecule has 3 amide bonds. The smallest absolute Gasteiger partial charge is 0.416 e. The van der Waals surface area contributed by atoms with Crippen molar-refractivity contribution in [2.24, 2.45) is 5.73 Å². The molecule has 2 fully saturated rings. The number of carbonyl (C=O) groups is 3. The number of ether oxygens (including phenoxy) is 1. The molecule has 0 aliphatic carbocycles. The number of carbonyl (C=O) groups excluding carboxylic acids is 3. The first-order chi connectivity index (χ1) is 20.2. The number of amides is 3. The third-order valence-corrected chi connectivity index (χ3v) is 7.35. The summed E-state index contributed by atoms with van der Waals surface area (Å²) in [4.78, 5) is 43.2. The molecular formula is C28H29F7N4O4. The van der Waals surface area contributed by atoms with Gasteiger partial charge >= 0.3 is 18.4 Å². The Hall–Kier alpha value is -3.88. The van der Waals surface area contributed by atoms with E-state index in [0.717, 1.165) is 0 Å². The van der Waals surface area contributed by atoms with Gasteiger partial charge in [0.1, 0.15) is 25.1 Å². The Kier molecular flexibility index (Phi) is 9.52. The Bertz CT molecular complexity index is 1300. The van der Waals surface area contributed by atoms with E-state index in [0.29, 0.717) is 43.5 Å². The molecule has 4 rings (SSSR count). The highest BCUT2D eigenvalue weighted by molar-refractivity contribution is 5.88. The van der Waals surface area contributed by atoms with Gasteiger partial charge in [0.2, 0.25) is 11.8 Å². The van der Waals surface area contributed by atoms with E-state index in [9.17, 15) is 45.1 Å². The van der Waals surface area contributed by atoms with Crippen LogP contribution in [0.5, 0.6) is 0 Å². The predicted molar refractivity (Wildman–Crippen MR) is 137 cm³/mol. The first-order valence-corrected chi connectivity index (χ1v) is 13.4. The quantitative estimate of drug-likeness (QED) is 0.336. The van der Waals surface area contributed by atoms with Crippen LogP contribution in [0.4, 0.5) is 35.5 Å². The zero-order valence-electron chi connectivity index (χ0n) is 22.8. The van der Waals surface area contributed by atoms with Crippen LogP contribution in [0.25, 0.3) is 0 Å². The van der Waals surface area contributed by atoms with E-state index in [-0.39, 0.29) is 32.1 Å². The summed E-state index contributed by atoms with van der Waals surface area (Å²) < 4.78 is 98.5. The number of benzene rings is 2. The molecule has 43 heavy (non-hydrogen) atoms. The Morgan fingerprint density at radius 3 is 2.12 bits per heavy atom. The van der Waals surface area contributed by atoms with Gasteiger partial charge in [0.25, 0.3) is 0 Å². The van der Waals surface area contributed by atoms with Crippen LogP contribution in [-0.2, 0) is 39.8 Å². The van der Waals surface area contributed by atoms with Crippen LogP contribution >= 0.6 is 0 Å². The molecule has 0 radical (unpaired) electrons. The van der Waals surface area contributed by atoms with Crippen LogP contribution in [0.2, 0.25) is 0 Å². The third-order valence-electron chi connectivity index (χ3n) is 7.35. The highest BCUT2D eigenvalue weighted by Crippen LogP contribution is 2.37. The van der Waals surface area contributed by atoms with E-state index < -0.39 is 71.6 Å². The van der Waals surface area contributed by atoms with Crippen molar-refractivity contribution in [2.45, 2.75) is 63.4 Å². The summed E-state index contributed by atoms with van der Waals surface area (Å²) in [6, 6.07) is 5.58. The van der Waals surface area contributed by atoms with Gasteiger partial charge in [0.05, 0.1) is 17.7 Å². The summed E-state index contributed by atoms with van der Waals surface area (Å²) in [6.07, 6.45) is -11.0. The lowest BCUT2D eigenvalue weighted by molar-refractivity contribution is -0.164. The largest absolute Gasteiger partial charge is 0.444 e. The number of alkyl halides is 6. The predicted octanol–water partition coefficient (Wildman–Crippen LogP) is 4.90. The normalized spacial score (nSPS) is 19.5. The monoisotopic (exact) mass is 618 g/mol. The van der Waals surface area contributed by atoms with Crippen LogP contribution in [0.3, 0.4) is 0 Å². The summed E-state index contributed by atoms with van der Waals surface area (Å²) in [5.74, 6) is -1.29. The molecule has 0 spiro atoms. The number of halogens is 7. The van der Waals surface area contributed by atoms with Crippen molar-refractivity contribution < 1.29 is 49.9 Å². The van der Waals surface area contributed by atoms with Crippen molar-refractivity contribution in [3.05, 3.63) is 70.5 Å². The van der Waals surface area contributed by atoms with Gasteiger partial charge in [-0.05, 0) is 60.8 Å². The molecule has 2 atom stereocenters. The second-order valence-electron chi connectivity index (χ2n) is 10.4. The van der Waals surface area contributed by atoms with Crippen LogP contribution < -0.4 is 5.73 Å². The molecule has 0 aromatic heterocycles. The van der Waals surface area contributed by atoms with E-state index in [1.807, 2.05) is 0 Å². The lowest BCUT2D eigenvalue weighted by atomic mass is 9.98. The standard InChI is InChI=1S/C28H29F7N4O4/c29-21-6-4-17(5-7-21)13-37-14-23-38(15-25(37)41)24(40)12-22(3-1-2-8-36)39(23)26(42)43-16-18-9-19(27(30,31)32)11-20(10-18)28(33,34)35/h4-7,9-11,22-23H,1-3,8,12-16,36H2. The molecule has 2 aromatic carbocycles. The number of nitrogens with zero attached hydrogens (tertiary/aromatic N) is 3. The first-order valence-electron chi connectivity index (χ1n) is 13.4. The fraction of sp³-hybridized carbons (Fsp3) is 0.464. The van der Waals surface area contributed by atoms with Gasteiger partial charge in [0, 0.05) is 19.0 Å². The van der Waals surface area contributed by atoms with E-state index in [4.69, 9.17) is 10.5 Å². The Balaban J connectivity index is 1.59. The molecule has 234 valence electrons. The van der Waals surface area contributed by atoms with Crippen molar-refractivity contribution in [3.63, 3.8) is 0 Å². The molecule has 8 nitrogen and oxygen atoms in total. The average Bonchev–Trinajstić information content (AvgIpc) is 2.93. The first kappa shape index (κ1) is 32.0. The number of nitrogens with two attached hydrogens (primary N) is 1. The topological polar surface area (TPSA) is 96.2 Å². The molecule has 2 heterocycles. The lowest BCUT2D eigenvalue weighted by Crippen LogP contribution is -2.69. The third kappa shape index (κ3) is 7.75. The fourth-order valence-electron chi connectivity index (χ4n) is 5.22. The SMILES string of the molecule is NCCCCC1CC(=O)N2CC(=O)N(Cc3ccc(F)cc3)CC2N1C(=O)OCc1cc(C(F)(F)F)cc(C(F)(F)F)c1. The van der Waals surface area contributed by atoms with Crippen LogP contribution in [-0.4, -0.2) is 64.4 Å². The number of hydrogen-bond acceptors (Lipinski definition) is 5. The minimum absolute atomic E-state index is 0.0261. The molecule has 2 aromatic rings. The van der Waals surface area contributed by atoms with Crippen molar-refractivity contribution in [1.29, 1.82) is 0 Å². The Morgan fingerprint density at radius 1 is 0.907 bits per heavy atom. The minimum Gasteiger partial charge on any atom is -0.444 e. The molecule has 2 N–H and O–H groups in total. The van der Waals surface area contributed by atoms with E-state index in [1.54, 1.807) is 0 Å². The Labute approximate surface area is 242 Å². The van der Waals surface area contributed by atoms with Gasteiger partial charge < -0.3 is 20.3 Å². The van der Waals surface area contributed by atoms with Crippen LogP contribution in [0.1, 0.15) is 47.9 Å². The number of rotatable bonds is 8. The maximum absolute atomic E-state index is 13.5. The van der Waals surface area contributed by atoms with Crippen molar-refractivity contribution in [3.8, 4) is 0 Å². The van der Waals surface area contributed by atoms with Gasteiger partial charge in [-0.1, -0.05) is 18.6 Å². The van der Waals surface area contributed by atoms with Gasteiger partial charge in [-0.2, -0.15) is 26.3 Å². The lowest BCUT2D eigenvalue weighted by Gasteiger charge is -2.51. The summed E-state index contributed by atoms with van der Waals surface area (Å²) in [5.41, 5.74) is 2.53. The van der Waals surface area contributed by atoms with Crippen LogP contribution in [0.15, 0.2) is 42.5 Å². The van der Waals surface area contributed by atoms with Crippen LogP contribution in [0, 0.1) is 5.82 Å².